The number of amides is 1. The highest BCUT2D eigenvalue weighted by atomic mass is 35.5. The summed E-state index contributed by atoms with van der Waals surface area (Å²) >= 11 is 5.91. The predicted molar refractivity (Wildman–Crippen MR) is 97.8 cm³/mol. The number of hydrogen-bond acceptors (Lipinski definition) is 4. The lowest BCUT2D eigenvalue weighted by Gasteiger charge is -2.14. The predicted octanol–water partition coefficient (Wildman–Crippen LogP) is 2.59. The minimum absolute atomic E-state index is 0.00500. The largest absolute Gasteiger partial charge is 0.481 e. The SMILES string of the molecule is CC(CNC(=O)c1cc(Cl)ccc1NS(=O)(=O)c1ccccc1)C(=O)O. The number of nitrogens with one attached hydrogen (secondary N) is 2. The van der Waals surface area contributed by atoms with Gasteiger partial charge in [0.05, 0.1) is 22.1 Å². The second-order valence-corrected chi connectivity index (χ2v) is 7.68. The van der Waals surface area contributed by atoms with Crippen molar-refractivity contribution in [2.45, 2.75) is 11.8 Å². The molecule has 138 valence electrons. The van der Waals surface area contributed by atoms with E-state index in [4.69, 9.17) is 16.7 Å². The van der Waals surface area contributed by atoms with Crippen molar-refractivity contribution in [3.05, 3.63) is 59.1 Å². The summed E-state index contributed by atoms with van der Waals surface area (Å²) in [4.78, 5) is 23.3. The second kappa shape index (κ2) is 8.20. The van der Waals surface area contributed by atoms with E-state index in [2.05, 4.69) is 10.0 Å². The zero-order valence-corrected chi connectivity index (χ0v) is 15.3. The number of carbonyl (C=O) groups is 2. The van der Waals surface area contributed by atoms with Gasteiger partial charge in [-0.1, -0.05) is 36.7 Å². The van der Waals surface area contributed by atoms with Crippen LogP contribution in [0.25, 0.3) is 0 Å². The van der Waals surface area contributed by atoms with Crippen LogP contribution in [0.1, 0.15) is 17.3 Å². The first kappa shape index (κ1) is 19.7. The van der Waals surface area contributed by atoms with Crippen LogP contribution >= 0.6 is 11.6 Å². The Morgan fingerprint density at radius 3 is 2.42 bits per heavy atom. The van der Waals surface area contributed by atoms with E-state index in [1.54, 1.807) is 18.2 Å². The summed E-state index contributed by atoms with van der Waals surface area (Å²) in [7, 11) is -3.89. The average molecular weight is 397 g/mol. The third-order valence-corrected chi connectivity index (χ3v) is 5.13. The van der Waals surface area contributed by atoms with Crippen molar-refractivity contribution in [1.29, 1.82) is 0 Å². The number of anilines is 1. The molecule has 0 bridgehead atoms. The van der Waals surface area contributed by atoms with Crippen LogP contribution in [0.4, 0.5) is 5.69 Å². The maximum Gasteiger partial charge on any atom is 0.308 e. The van der Waals surface area contributed by atoms with Gasteiger partial charge in [0.1, 0.15) is 0 Å². The average Bonchev–Trinajstić information content (AvgIpc) is 2.61. The summed E-state index contributed by atoms with van der Waals surface area (Å²) in [5.74, 6) is -2.48. The number of halogens is 1. The Morgan fingerprint density at radius 2 is 1.81 bits per heavy atom. The van der Waals surface area contributed by atoms with Gasteiger partial charge in [-0.25, -0.2) is 8.42 Å². The van der Waals surface area contributed by atoms with Gasteiger partial charge >= 0.3 is 5.97 Å². The maximum absolute atomic E-state index is 12.5. The molecular formula is C17H17ClN2O5S. The Balaban J connectivity index is 2.27. The van der Waals surface area contributed by atoms with Crippen molar-refractivity contribution in [2.75, 3.05) is 11.3 Å². The molecule has 0 saturated carbocycles. The molecule has 3 N–H and O–H groups in total. The highest BCUT2D eigenvalue weighted by Crippen LogP contribution is 2.24. The molecule has 0 saturated heterocycles. The van der Waals surface area contributed by atoms with Gasteiger partial charge < -0.3 is 10.4 Å². The van der Waals surface area contributed by atoms with Gasteiger partial charge in [0, 0.05) is 11.6 Å². The fraction of sp³-hybridized carbons (Fsp3) is 0.176. The Kier molecular flexibility index (Phi) is 6.23. The van der Waals surface area contributed by atoms with E-state index in [9.17, 15) is 18.0 Å². The normalized spacial score (nSPS) is 12.2. The quantitative estimate of drug-likeness (QED) is 0.665. The van der Waals surface area contributed by atoms with E-state index >= 15 is 0 Å². The van der Waals surface area contributed by atoms with E-state index in [1.807, 2.05) is 0 Å². The Labute approximate surface area is 156 Å². The van der Waals surface area contributed by atoms with E-state index < -0.39 is 27.8 Å². The van der Waals surface area contributed by atoms with E-state index in [0.29, 0.717) is 0 Å². The Morgan fingerprint density at radius 1 is 1.15 bits per heavy atom. The third-order valence-electron chi connectivity index (χ3n) is 3.51. The highest BCUT2D eigenvalue weighted by molar-refractivity contribution is 7.92. The summed E-state index contributed by atoms with van der Waals surface area (Å²) in [6.45, 7) is 1.34. The topological polar surface area (TPSA) is 113 Å². The molecule has 0 radical (unpaired) electrons. The number of carboxylic acids is 1. The van der Waals surface area contributed by atoms with Crippen molar-refractivity contribution >= 4 is 39.2 Å². The van der Waals surface area contributed by atoms with Gasteiger partial charge in [0.25, 0.3) is 15.9 Å². The van der Waals surface area contributed by atoms with Crippen LogP contribution in [0.15, 0.2) is 53.4 Å². The summed E-state index contributed by atoms with van der Waals surface area (Å²) in [6, 6.07) is 11.8. The van der Waals surface area contributed by atoms with Crippen LogP contribution in [-0.4, -0.2) is 31.9 Å². The summed E-state index contributed by atoms with van der Waals surface area (Å²) in [5, 5.41) is 11.6. The van der Waals surface area contributed by atoms with Gasteiger partial charge in [0.15, 0.2) is 0 Å². The number of carboxylic acid groups (broad SMARTS) is 1. The summed E-state index contributed by atoms with van der Waals surface area (Å²) in [6.07, 6.45) is 0. The molecule has 1 unspecified atom stereocenters. The highest BCUT2D eigenvalue weighted by Gasteiger charge is 2.20. The number of carbonyl (C=O) groups excluding carboxylic acids is 1. The molecule has 1 atom stereocenters. The molecule has 0 aromatic heterocycles. The van der Waals surface area contributed by atoms with Crippen molar-refractivity contribution in [1.82, 2.24) is 5.32 Å². The lowest BCUT2D eigenvalue weighted by atomic mass is 10.1. The molecule has 2 aromatic carbocycles. The number of sulfonamides is 1. The number of benzene rings is 2. The Hall–Kier alpha value is -2.58. The molecule has 0 aliphatic carbocycles. The molecular weight excluding hydrogens is 380 g/mol. The molecule has 0 spiro atoms. The molecule has 9 heteroatoms. The zero-order chi connectivity index (χ0) is 19.3. The fourth-order valence-electron chi connectivity index (χ4n) is 2.02. The summed E-state index contributed by atoms with van der Waals surface area (Å²) in [5.41, 5.74) is 0.0355. The standard InChI is InChI=1S/C17H17ClN2O5S/c1-11(17(22)23)10-19-16(21)14-9-12(18)7-8-15(14)20-26(24,25)13-5-3-2-4-6-13/h2-9,11,20H,10H2,1H3,(H,19,21)(H,22,23). The van der Waals surface area contributed by atoms with E-state index in [0.717, 1.165) is 0 Å². The van der Waals surface area contributed by atoms with Crippen LogP contribution in [-0.2, 0) is 14.8 Å². The molecule has 2 rings (SSSR count). The van der Waals surface area contributed by atoms with Crippen molar-refractivity contribution < 1.29 is 23.1 Å². The molecule has 0 heterocycles. The molecule has 0 aliphatic heterocycles. The number of aliphatic carboxylic acids is 1. The van der Waals surface area contributed by atoms with Crippen molar-refractivity contribution in [3.63, 3.8) is 0 Å². The fourth-order valence-corrected chi connectivity index (χ4v) is 3.30. The summed E-state index contributed by atoms with van der Waals surface area (Å²) < 4.78 is 27.3. The van der Waals surface area contributed by atoms with Crippen LogP contribution in [0, 0.1) is 5.92 Å². The molecule has 26 heavy (non-hydrogen) atoms. The van der Waals surface area contributed by atoms with Crippen molar-refractivity contribution in [3.8, 4) is 0 Å². The minimum Gasteiger partial charge on any atom is -0.481 e. The zero-order valence-electron chi connectivity index (χ0n) is 13.8. The van der Waals surface area contributed by atoms with E-state index in [-0.39, 0.29) is 27.7 Å². The lowest BCUT2D eigenvalue weighted by molar-refractivity contribution is -0.140. The molecule has 2 aromatic rings. The first-order valence-electron chi connectivity index (χ1n) is 7.59. The first-order chi connectivity index (χ1) is 12.2. The van der Waals surface area contributed by atoms with Crippen LogP contribution in [0.5, 0.6) is 0 Å². The molecule has 0 fully saturated rings. The van der Waals surface area contributed by atoms with Gasteiger partial charge in [-0.05, 0) is 30.3 Å². The molecule has 7 nitrogen and oxygen atoms in total. The van der Waals surface area contributed by atoms with Gasteiger partial charge in [-0.3, -0.25) is 14.3 Å². The van der Waals surface area contributed by atoms with Crippen LogP contribution in [0.3, 0.4) is 0 Å². The second-order valence-electron chi connectivity index (χ2n) is 5.56. The van der Waals surface area contributed by atoms with Gasteiger partial charge in [-0.15, -0.1) is 0 Å². The van der Waals surface area contributed by atoms with Crippen LogP contribution in [0.2, 0.25) is 5.02 Å². The first-order valence-corrected chi connectivity index (χ1v) is 9.45. The smallest absolute Gasteiger partial charge is 0.308 e. The van der Waals surface area contributed by atoms with Crippen molar-refractivity contribution in [2.24, 2.45) is 5.92 Å². The molecule has 0 aliphatic rings. The lowest BCUT2D eigenvalue weighted by Crippen LogP contribution is -2.32. The van der Waals surface area contributed by atoms with Gasteiger partial charge in [0.2, 0.25) is 0 Å². The number of hydrogen-bond donors (Lipinski definition) is 3. The van der Waals surface area contributed by atoms with Crippen LogP contribution < -0.4 is 10.0 Å². The number of rotatable bonds is 7. The van der Waals surface area contributed by atoms with Gasteiger partial charge in [-0.2, -0.15) is 0 Å². The van der Waals surface area contributed by atoms with E-state index in [1.165, 1.54) is 37.3 Å². The molecule has 1 amide bonds. The maximum atomic E-state index is 12.5. The Bertz CT molecular complexity index is 916. The minimum atomic E-state index is -3.89. The third kappa shape index (κ3) is 4.96. The monoisotopic (exact) mass is 396 g/mol.